The first kappa shape index (κ1) is 22.0. The third-order valence-electron chi connectivity index (χ3n) is 4.40. The Hall–Kier alpha value is -1.67. The molecule has 0 aliphatic carbocycles. The molecule has 0 spiro atoms. The molecule has 0 radical (unpaired) electrons. The van der Waals surface area contributed by atoms with E-state index in [1.165, 1.54) is 48.5 Å². The van der Waals surface area contributed by atoms with Crippen molar-refractivity contribution in [1.82, 2.24) is 0 Å². The summed E-state index contributed by atoms with van der Waals surface area (Å²) < 4.78 is 33.9. The van der Waals surface area contributed by atoms with Crippen molar-refractivity contribution in [1.29, 1.82) is 0 Å². The maximum Gasteiger partial charge on any atom is 0.283 e. The molecular weight excluding hydrogens is 482 g/mol. The van der Waals surface area contributed by atoms with Crippen LogP contribution in [0.5, 0.6) is 11.5 Å². The number of benzene rings is 3. The summed E-state index contributed by atoms with van der Waals surface area (Å²) in [5.74, 6) is -1.01. The van der Waals surface area contributed by atoms with Gasteiger partial charge in [0.2, 0.25) is 0 Å². The van der Waals surface area contributed by atoms with Crippen molar-refractivity contribution in [2.24, 2.45) is 0 Å². The van der Waals surface area contributed by atoms with E-state index in [1.807, 2.05) is 0 Å². The zero-order valence-corrected chi connectivity index (χ0v) is 18.1. The average Bonchev–Trinajstić information content (AvgIpc) is 2.63. The van der Waals surface area contributed by atoms with E-state index in [0.717, 1.165) is 6.07 Å². The molecule has 0 bridgehead atoms. The quantitative estimate of drug-likeness (QED) is 0.311. The van der Waals surface area contributed by atoms with E-state index in [9.17, 15) is 23.2 Å². The fourth-order valence-corrected chi connectivity index (χ4v) is 5.62. The van der Waals surface area contributed by atoms with Gasteiger partial charge in [0.1, 0.15) is 11.5 Å². The van der Waals surface area contributed by atoms with Crippen LogP contribution in [0.25, 0.3) is 0 Å². The lowest BCUT2D eigenvalue weighted by molar-refractivity contribution is 0.439. The Morgan fingerprint density at radius 1 is 0.759 bits per heavy atom. The van der Waals surface area contributed by atoms with E-state index in [1.54, 1.807) is 0 Å². The van der Waals surface area contributed by atoms with Crippen LogP contribution in [-0.2, 0) is 14.9 Å². The van der Waals surface area contributed by atoms with Gasteiger partial charge in [-0.05, 0) is 42.0 Å². The first-order chi connectivity index (χ1) is 13.5. The van der Waals surface area contributed by atoms with Crippen LogP contribution >= 0.6 is 46.4 Å². The summed E-state index contributed by atoms with van der Waals surface area (Å²) in [6.45, 7) is 0. The number of halogens is 4. The Labute approximate surface area is 186 Å². The fraction of sp³-hybridized carbons (Fsp3) is 0.0526. The third-order valence-corrected chi connectivity index (χ3v) is 7.02. The Morgan fingerprint density at radius 2 is 1.34 bits per heavy atom. The second kappa shape index (κ2) is 7.87. The molecule has 152 valence electrons. The monoisotopic (exact) mass is 492 g/mol. The minimum absolute atomic E-state index is 0.0311. The molecule has 0 amide bonds. The number of aromatic hydroxyl groups is 2. The maximum atomic E-state index is 13.0. The molecule has 1 unspecified atom stereocenters. The van der Waals surface area contributed by atoms with Gasteiger partial charge in [0, 0.05) is 26.2 Å². The molecule has 0 heterocycles. The molecule has 3 aromatic rings. The van der Waals surface area contributed by atoms with Gasteiger partial charge in [-0.2, -0.15) is 8.42 Å². The highest BCUT2D eigenvalue weighted by atomic mass is 35.5. The lowest BCUT2D eigenvalue weighted by Gasteiger charge is -2.34. The molecule has 3 aromatic carbocycles. The molecule has 3 rings (SSSR count). The lowest BCUT2D eigenvalue weighted by atomic mass is 9.83. The van der Waals surface area contributed by atoms with Crippen molar-refractivity contribution in [2.45, 2.75) is 4.75 Å². The van der Waals surface area contributed by atoms with E-state index >= 15 is 0 Å². The zero-order valence-electron chi connectivity index (χ0n) is 14.3. The SMILES string of the molecule is O=S(=O)(O)C(c1ccc(Cl)cc1)(c1ccc(Cl)cc1O)c1c(Cl)ccc(O)c1Cl. The fourth-order valence-electron chi connectivity index (χ4n) is 3.20. The van der Waals surface area contributed by atoms with Gasteiger partial charge in [-0.15, -0.1) is 0 Å². The summed E-state index contributed by atoms with van der Waals surface area (Å²) in [7, 11) is -5.12. The van der Waals surface area contributed by atoms with Gasteiger partial charge in [0.25, 0.3) is 10.1 Å². The summed E-state index contributed by atoms with van der Waals surface area (Å²) >= 11 is 24.4. The van der Waals surface area contributed by atoms with Crippen molar-refractivity contribution in [3.05, 3.63) is 91.4 Å². The van der Waals surface area contributed by atoms with Crippen LogP contribution in [0.4, 0.5) is 0 Å². The summed E-state index contributed by atoms with van der Waals surface area (Å²) in [6.07, 6.45) is 0. The summed E-state index contributed by atoms with van der Waals surface area (Å²) in [5, 5.41) is 20.6. The number of rotatable bonds is 4. The summed E-state index contributed by atoms with van der Waals surface area (Å²) in [5.41, 5.74) is -0.652. The number of phenols is 2. The van der Waals surface area contributed by atoms with Crippen molar-refractivity contribution in [2.75, 3.05) is 0 Å². The molecular formula is C19H12Cl4O5S. The van der Waals surface area contributed by atoms with E-state index < -0.39 is 31.4 Å². The van der Waals surface area contributed by atoms with Crippen molar-refractivity contribution >= 4 is 56.5 Å². The van der Waals surface area contributed by atoms with Crippen molar-refractivity contribution in [3.8, 4) is 11.5 Å². The molecule has 0 saturated carbocycles. The van der Waals surface area contributed by atoms with Gasteiger partial charge in [-0.1, -0.05) is 64.6 Å². The number of phenolic OH excluding ortho intramolecular Hbond substituents is 2. The Balaban J connectivity index is 2.63. The van der Waals surface area contributed by atoms with E-state index in [4.69, 9.17) is 46.4 Å². The second-order valence-electron chi connectivity index (χ2n) is 6.08. The lowest BCUT2D eigenvalue weighted by Crippen LogP contribution is -2.39. The molecule has 10 heteroatoms. The first-order valence-corrected chi connectivity index (χ1v) is 10.8. The molecule has 0 aliphatic rings. The minimum atomic E-state index is -5.12. The van der Waals surface area contributed by atoms with Gasteiger partial charge in [-0.3, -0.25) is 4.55 Å². The highest BCUT2D eigenvalue weighted by Gasteiger charge is 2.52. The normalized spacial score (nSPS) is 13.8. The topological polar surface area (TPSA) is 94.8 Å². The second-order valence-corrected chi connectivity index (χ2v) is 9.30. The zero-order chi connectivity index (χ0) is 21.6. The molecule has 5 nitrogen and oxygen atoms in total. The van der Waals surface area contributed by atoms with Crippen LogP contribution in [0.1, 0.15) is 16.7 Å². The highest BCUT2D eigenvalue weighted by Crippen LogP contribution is 2.53. The molecule has 0 aliphatic heterocycles. The van der Waals surface area contributed by atoms with Crippen LogP contribution in [-0.4, -0.2) is 23.2 Å². The largest absolute Gasteiger partial charge is 0.508 e. The number of hydrogen-bond donors (Lipinski definition) is 3. The van der Waals surface area contributed by atoms with E-state index in [0.29, 0.717) is 5.02 Å². The van der Waals surface area contributed by atoms with Gasteiger partial charge in [0.05, 0.1) is 5.02 Å². The molecule has 0 aromatic heterocycles. The van der Waals surface area contributed by atoms with Gasteiger partial charge < -0.3 is 10.2 Å². The highest BCUT2D eigenvalue weighted by molar-refractivity contribution is 7.87. The summed E-state index contributed by atoms with van der Waals surface area (Å²) in [4.78, 5) is 0. The minimum Gasteiger partial charge on any atom is -0.508 e. The van der Waals surface area contributed by atoms with E-state index in [2.05, 4.69) is 0 Å². The van der Waals surface area contributed by atoms with Crippen LogP contribution in [0.15, 0.2) is 54.6 Å². The Bertz CT molecular complexity index is 1200. The van der Waals surface area contributed by atoms with Crippen LogP contribution in [0.3, 0.4) is 0 Å². The molecule has 3 N–H and O–H groups in total. The van der Waals surface area contributed by atoms with Gasteiger partial charge >= 0.3 is 0 Å². The number of hydrogen-bond acceptors (Lipinski definition) is 4. The van der Waals surface area contributed by atoms with Crippen molar-refractivity contribution in [3.63, 3.8) is 0 Å². The molecule has 29 heavy (non-hydrogen) atoms. The molecule has 0 saturated heterocycles. The van der Waals surface area contributed by atoms with E-state index in [-0.39, 0.29) is 26.7 Å². The smallest absolute Gasteiger partial charge is 0.283 e. The predicted molar refractivity (Wildman–Crippen MR) is 114 cm³/mol. The standard InChI is InChI=1S/C19H12Cl4O5S/c20-11-3-1-10(2-4-11)19(29(26,27)28,13-6-5-12(21)9-16(13)25)17-14(22)7-8-15(24)18(17)23/h1-9,24-25H,(H,26,27,28). The van der Waals surface area contributed by atoms with Crippen molar-refractivity contribution < 1.29 is 23.2 Å². The average molecular weight is 494 g/mol. The third kappa shape index (κ3) is 3.65. The molecule has 1 atom stereocenters. The van der Waals surface area contributed by atoms with Gasteiger partial charge in [0.15, 0.2) is 4.75 Å². The predicted octanol–water partition coefficient (Wildman–Crippen LogP) is 5.89. The van der Waals surface area contributed by atoms with Crippen LogP contribution < -0.4 is 0 Å². The van der Waals surface area contributed by atoms with Crippen LogP contribution in [0, 0.1) is 0 Å². The Morgan fingerprint density at radius 3 is 1.90 bits per heavy atom. The molecule has 0 fully saturated rings. The first-order valence-electron chi connectivity index (χ1n) is 7.89. The Kier molecular flexibility index (Phi) is 5.98. The van der Waals surface area contributed by atoms with Crippen LogP contribution in [0.2, 0.25) is 20.1 Å². The van der Waals surface area contributed by atoms with Gasteiger partial charge in [-0.25, -0.2) is 0 Å². The summed E-state index contributed by atoms with van der Waals surface area (Å²) in [6, 6.07) is 11.5. The maximum absolute atomic E-state index is 13.0.